The van der Waals surface area contributed by atoms with Crippen LogP contribution in [0.3, 0.4) is 0 Å². The van der Waals surface area contributed by atoms with E-state index in [-0.39, 0.29) is 5.56 Å². The smallest absolute Gasteiger partial charge is 0.266 e. The number of hydrogen-bond donors (Lipinski definition) is 0. The number of thiophene rings is 1. The third-order valence-corrected chi connectivity index (χ3v) is 6.06. The fourth-order valence-corrected chi connectivity index (χ4v) is 4.51. The Labute approximate surface area is 163 Å². The molecule has 27 heavy (non-hydrogen) atoms. The van der Waals surface area contributed by atoms with Crippen LogP contribution in [0, 0.1) is 0 Å². The fourth-order valence-electron chi connectivity index (χ4n) is 3.53. The summed E-state index contributed by atoms with van der Waals surface area (Å²) in [6, 6.07) is 7.67. The van der Waals surface area contributed by atoms with Crippen LogP contribution in [-0.4, -0.2) is 43.9 Å². The Balaban J connectivity index is 1.41. The van der Waals surface area contributed by atoms with Crippen LogP contribution in [0.4, 0.5) is 0 Å². The van der Waals surface area contributed by atoms with E-state index in [1.54, 1.807) is 28.3 Å². The Morgan fingerprint density at radius 2 is 1.93 bits per heavy atom. The molecular formula is C20H25N5OS. The van der Waals surface area contributed by atoms with E-state index in [0.717, 1.165) is 30.1 Å². The molecule has 142 valence electrons. The fraction of sp³-hybridized carbons (Fsp3) is 0.450. The number of nitrogens with zero attached hydrogens (tertiary/aromatic N) is 5. The van der Waals surface area contributed by atoms with Crippen LogP contribution in [0.2, 0.25) is 0 Å². The predicted octanol–water partition coefficient (Wildman–Crippen LogP) is 3.09. The zero-order valence-electron chi connectivity index (χ0n) is 15.5. The standard InChI is InChI=1S/C20H25N5OS/c26-20-8-6-18(19-7-5-17(27-19)15-24-14-9-21-16-24)22-25(20)13-4-12-23-10-2-1-3-11-23/h5-9,14,16H,1-4,10-13,15H2. The lowest BCUT2D eigenvalue weighted by molar-refractivity contribution is 0.221. The van der Waals surface area contributed by atoms with Crippen LogP contribution < -0.4 is 5.56 Å². The summed E-state index contributed by atoms with van der Waals surface area (Å²) in [7, 11) is 0. The molecule has 7 heteroatoms. The molecule has 4 heterocycles. The summed E-state index contributed by atoms with van der Waals surface area (Å²) in [5, 5.41) is 4.61. The van der Waals surface area contributed by atoms with E-state index in [0.29, 0.717) is 6.54 Å². The molecule has 0 spiro atoms. The average Bonchev–Trinajstić information content (AvgIpc) is 3.37. The van der Waals surface area contributed by atoms with Gasteiger partial charge in [-0.25, -0.2) is 9.67 Å². The summed E-state index contributed by atoms with van der Waals surface area (Å²) in [6.45, 7) is 4.91. The van der Waals surface area contributed by atoms with Gasteiger partial charge in [-0.15, -0.1) is 11.3 Å². The first-order valence-electron chi connectivity index (χ1n) is 9.63. The van der Waals surface area contributed by atoms with Crippen LogP contribution >= 0.6 is 11.3 Å². The van der Waals surface area contributed by atoms with Gasteiger partial charge in [0.15, 0.2) is 0 Å². The molecule has 0 N–H and O–H groups in total. The molecule has 1 aliphatic heterocycles. The summed E-state index contributed by atoms with van der Waals surface area (Å²) >= 11 is 1.71. The molecule has 0 radical (unpaired) electrons. The third kappa shape index (κ3) is 4.73. The van der Waals surface area contributed by atoms with E-state index in [1.807, 2.05) is 23.2 Å². The highest BCUT2D eigenvalue weighted by Gasteiger charge is 2.11. The first-order valence-corrected chi connectivity index (χ1v) is 10.4. The molecule has 0 atom stereocenters. The third-order valence-electron chi connectivity index (χ3n) is 4.97. The van der Waals surface area contributed by atoms with Crippen molar-refractivity contribution in [3.05, 3.63) is 58.2 Å². The molecule has 0 saturated carbocycles. The summed E-state index contributed by atoms with van der Waals surface area (Å²) in [5.74, 6) is 0. The molecule has 0 bridgehead atoms. The molecule has 0 aromatic carbocycles. The molecule has 4 rings (SSSR count). The SMILES string of the molecule is O=c1ccc(-c2ccc(Cn3ccnc3)s2)nn1CCCN1CCCCC1. The van der Waals surface area contributed by atoms with Crippen LogP contribution in [0.15, 0.2) is 47.8 Å². The molecule has 0 aliphatic carbocycles. The van der Waals surface area contributed by atoms with Crippen molar-refractivity contribution >= 4 is 11.3 Å². The molecular weight excluding hydrogens is 358 g/mol. The minimum absolute atomic E-state index is 0.0208. The second-order valence-electron chi connectivity index (χ2n) is 7.04. The van der Waals surface area contributed by atoms with Crippen LogP contribution in [0.1, 0.15) is 30.6 Å². The van der Waals surface area contributed by atoms with Crippen molar-refractivity contribution in [1.29, 1.82) is 0 Å². The van der Waals surface area contributed by atoms with Gasteiger partial charge in [-0.05, 0) is 57.1 Å². The minimum Gasteiger partial charge on any atom is -0.332 e. The normalized spacial score (nSPS) is 15.3. The second kappa shape index (κ2) is 8.63. The maximum absolute atomic E-state index is 12.2. The van der Waals surface area contributed by atoms with Crippen molar-refractivity contribution in [2.75, 3.05) is 19.6 Å². The van der Waals surface area contributed by atoms with E-state index in [4.69, 9.17) is 0 Å². The van der Waals surface area contributed by atoms with Crippen molar-refractivity contribution in [2.24, 2.45) is 0 Å². The summed E-state index contributed by atoms with van der Waals surface area (Å²) in [6.07, 6.45) is 10.5. The quantitative estimate of drug-likeness (QED) is 0.629. The van der Waals surface area contributed by atoms with E-state index >= 15 is 0 Å². The molecule has 1 fully saturated rings. The number of piperidine rings is 1. The Kier molecular flexibility index (Phi) is 5.79. The highest BCUT2D eigenvalue weighted by Crippen LogP contribution is 2.26. The Hall–Kier alpha value is -2.25. The Bertz CT molecular complexity index is 909. The van der Waals surface area contributed by atoms with Gasteiger partial charge >= 0.3 is 0 Å². The first kappa shape index (κ1) is 18.1. The summed E-state index contributed by atoms with van der Waals surface area (Å²) in [4.78, 5) is 21.1. The molecule has 0 amide bonds. The van der Waals surface area contributed by atoms with Crippen LogP contribution in [0.5, 0.6) is 0 Å². The van der Waals surface area contributed by atoms with Gasteiger partial charge in [0.2, 0.25) is 0 Å². The van der Waals surface area contributed by atoms with Crippen molar-refractivity contribution in [3.8, 4) is 10.6 Å². The van der Waals surface area contributed by atoms with E-state index in [1.165, 1.54) is 37.2 Å². The summed E-state index contributed by atoms with van der Waals surface area (Å²) in [5.41, 5.74) is 0.849. The Morgan fingerprint density at radius 1 is 1.04 bits per heavy atom. The highest BCUT2D eigenvalue weighted by atomic mass is 32.1. The number of hydrogen-bond acceptors (Lipinski definition) is 5. The van der Waals surface area contributed by atoms with Gasteiger partial charge in [0.1, 0.15) is 5.69 Å². The van der Waals surface area contributed by atoms with E-state index < -0.39 is 0 Å². The van der Waals surface area contributed by atoms with Gasteiger partial charge in [0.25, 0.3) is 5.56 Å². The van der Waals surface area contributed by atoms with E-state index in [2.05, 4.69) is 27.1 Å². The number of aryl methyl sites for hydroxylation is 1. The van der Waals surface area contributed by atoms with Crippen LogP contribution in [0.25, 0.3) is 10.6 Å². The zero-order chi connectivity index (χ0) is 18.5. The average molecular weight is 384 g/mol. The minimum atomic E-state index is -0.0208. The first-order chi connectivity index (χ1) is 13.3. The lowest BCUT2D eigenvalue weighted by Gasteiger charge is -2.26. The topological polar surface area (TPSA) is 56.0 Å². The van der Waals surface area contributed by atoms with Gasteiger partial charge in [-0.3, -0.25) is 4.79 Å². The van der Waals surface area contributed by atoms with Gasteiger partial charge in [-0.2, -0.15) is 5.10 Å². The lowest BCUT2D eigenvalue weighted by Crippen LogP contribution is -2.32. The monoisotopic (exact) mass is 383 g/mol. The van der Waals surface area contributed by atoms with Gasteiger partial charge < -0.3 is 9.47 Å². The Morgan fingerprint density at radius 3 is 2.74 bits per heavy atom. The molecule has 1 saturated heterocycles. The maximum atomic E-state index is 12.2. The largest absolute Gasteiger partial charge is 0.332 e. The van der Waals surface area contributed by atoms with Gasteiger partial charge in [0.05, 0.1) is 17.7 Å². The van der Waals surface area contributed by atoms with Gasteiger partial charge in [-0.1, -0.05) is 6.42 Å². The number of rotatable bonds is 7. The maximum Gasteiger partial charge on any atom is 0.266 e. The molecule has 3 aromatic heterocycles. The number of likely N-dealkylation sites (tertiary alicyclic amines) is 1. The predicted molar refractivity (Wildman–Crippen MR) is 108 cm³/mol. The zero-order valence-corrected chi connectivity index (χ0v) is 16.3. The highest BCUT2D eigenvalue weighted by molar-refractivity contribution is 7.15. The van der Waals surface area contributed by atoms with Gasteiger partial charge in [0, 0.05) is 29.9 Å². The summed E-state index contributed by atoms with van der Waals surface area (Å²) < 4.78 is 3.67. The van der Waals surface area contributed by atoms with Crippen molar-refractivity contribution in [1.82, 2.24) is 24.2 Å². The molecule has 6 nitrogen and oxygen atoms in total. The molecule has 3 aromatic rings. The number of aromatic nitrogens is 4. The molecule has 1 aliphatic rings. The van der Waals surface area contributed by atoms with Crippen molar-refractivity contribution in [2.45, 2.75) is 38.8 Å². The van der Waals surface area contributed by atoms with Crippen molar-refractivity contribution < 1.29 is 0 Å². The molecule has 0 unspecified atom stereocenters. The van der Waals surface area contributed by atoms with Crippen molar-refractivity contribution in [3.63, 3.8) is 0 Å². The number of imidazole rings is 1. The second-order valence-corrected chi connectivity index (χ2v) is 8.21. The van der Waals surface area contributed by atoms with E-state index in [9.17, 15) is 4.79 Å². The van der Waals surface area contributed by atoms with Crippen LogP contribution in [-0.2, 0) is 13.1 Å². The lowest BCUT2D eigenvalue weighted by atomic mass is 10.1.